The number of nitro groups is 1. The smallest absolute Gasteiger partial charge is 0.258 e. The van der Waals surface area contributed by atoms with Crippen LogP contribution < -0.4 is 0 Å². The second-order valence-electron chi connectivity index (χ2n) is 5.70. The fourth-order valence-corrected chi connectivity index (χ4v) is 2.82. The molecule has 0 bridgehead atoms. The first-order valence-corrected chi connectivity index (χ1v) is 8.05. The molecule has 0 aliphatic carbocycles. The Kier molecular flexibility index (Phi) is 3.99. The molecule has 1 heterocycles. The van der Waals surface area contributed by atoms with Crippen molar-refractivity contribution in [2.75, 3.05) is 0 Å². The molecule has 0 atom stereocenters. The summed E-state index contributed by atoms with van der Waals surface area (Å²) in [5, 5.41) is 19.6. The van der Waals surface area contributed by atoms with Crippen LogP contribution >= 0.6 is 0 Å². The van der Waals surface area contributed by atoms with E-state index in [2.05, 4.69) is 10.3 Å². The van der Waals surface area contributed by atoms with Gasteiger partial charge in [0.25, 0.3) is 5.69 Å². The Balaban J connectivity index is 1.90. The van der Waals surface area contributed by atoms with E-state index < -0.39 is 4.92 Å². The van der Waals surface area contributed by atoms with E-state index in [0.717, 1.165) is 22.5 Å². The summed E-state index contributed by atoms with van der Waals surface area (Å²) >= 11 is 0. The number of rotatable bonds is 4. The number of benzene rings is 3. The molecule has 0 spiro atoms. The Morgan fingerprint density at radius 3 is 1.92 bits per heavy atom. The molecule has 0 aliphatic heterocycles. The molecule has 0 saturated carbocycles. The van der Waals surface area contributed by atoms with Crippen LogP contribution in [0.4, 0.5) is 5.69 Å². The lowest BCUT2D eigenvalue weighted by Gasteiger charge is -2.08. The number of nitrogens with zero attached hydrogens (tertiary/aromatic N) is 4. The van der Waals surface area contributed by atoms with E-state index in [9.17, 15) is 10.1 Å². The highest BCUT2D eigenvalue weighted by atomic mass is 16.6. The minimum atomic E-state index is -0.418. The molecular weight excluding hydrogens is 328 g/mol. The van der Waals surface area contributed by atoms with Gasteiger partial charge in [-0.2, -0.15) is 0 Å². The standard InChI is InChI=1S/C20H14N4O2/c25-24(26)18-13-11-17(12-14-18)23-20(16-9-5-2-6-10-16)19(21-22-23)15-7-3-1-4-8-15/h1-14H. The summed E-state index contributed by atoms with van der Waals surface area (Å²) in [6.45, 7) is 0. The van der Waals surface area contributed by atoms with Gasteiger partial charge in [-0.3, -0.25) is 10.1 Å². The average molecular weight is 342 g/mol. The molecule has 4 rings (SSSR count). The van der Waals surface area contributed by atoms with E-state index in [1.807, 2.05) is 60.7 Å². The summed E-state index contributed by atoms with van der Waals surface area (Å²) in [7, 11) is 0. The van der Waals surface area contributed by atoms with Crippen molar-refractivity contribution in [3.63, 3.8) is 0 Å². The molecule has 0 amide bonds. The van der Waals surface area contributed by atoms with E-state index in [1.165, 1.54) is 12.1 Å². The molecule has 0 unspecified atom stereocenters. The first-order chi connectivity index (χ1) is 12.7. The molecule has 0 N–H and O–H groups in total. The summed E-state index contributed by atoms with van der Waals surface area (Å²) in [6, 6.07) is 26.0. The van der Waals surface area contributed by atoms with Gasteiger partial charge in [-0.1, -0.05) is 65.9 Å². The molecule has 1 aromatic heterocycles. The van der Waals surface area contributed by atoms with Crippen molar-refractivity contribution in [1.29, 1.82) is 0 Å². The summed E-state index contributed by atoms with van der Waals surface area (Å²) in [6.07, 6.45) is 0. The van der Waals surface area contributed by atoms with Crippen LogP contribution in [0.3, 0.4) is 0 Å². The van der Waals surface area contributed by atoms with Crippen molar-refractivity contribution >= 4 is 5.69 Å². The third-order valence-electron chi connectivity index (χ3n) is 4.07. The molecule has 6 heteroatoms. The fourth-order valence-electron chi connectivity index (χ4n) is 2.82. The number of non-ortho nitro benzene ring substituents is 1. The third kappa shape index (κ3) is 2.84. The van der Waals surface area contributed by atoms with E-state index in [1.54, 1.807) is 16.8 Å². The van der Waals surface area contributed by atoms with Crippen molar-refractivity contribution in [3.8, 4) is 28.2 Å². The van der Waals surface area contributed by atoms with Crippen LogP contribution in [0.2, 0.25) is 0 Å². The topological polar surface area (TPSA) is 73.8 Å². The quantitative estimate of drug-likeness (QED) is 0.404. The molecule has 0 radical (unpaired) electrons. The third-order valence-corrected chi connectivity index (χ3v) is 4.07. The van der Waals surface area contributed by atoms with Gasteiger partial charge in [0.15, 0.2) is 0 Å². The van der Waals surface area contributed by atoms with E-state index in [-0.39, 0.29) is 5.69 Å². The molecule has 0 fully saturated rings. The second kappa shape index (κ2) is 6.60. The Morgan fingerprint density at radius 1 is 0.769 bits per heavy atom. The van der Waals surface area contributed by atoms with Crippen LogP contribution in [0.15, 0.2) is 84.9 Å². The monoisotopic (exact) mass is 342 g/mol. The van der Waals surface area contributed by atoms with Gasteiger partial charge in [0.05, 0.1) is 10.6 Å². The van der Waals surface area contributed by atoms with Crippen LogP contribution in [-0.4, -0.2) is 19.9 Å². The summed E-state index contributed by atoms with van der Waals surface area (Å²) in [4.78, 5) is 10.5. The Morgan fingerprint density at radius 2 is 1.35 bits per heavy atom. The van der Waals surface area contributed by atoms with E-state index in [4.69, 9.17) is 0 Å². The molecule has 0 aliphatic rings. The van der Waals surface area contributed by atoms with E-state index in [0.29, 0.717) is 5.69 Å². The van der Waals surface area contributed by atoms with Gasteiger partial charge in [-0.05, 0) is 12.1 Å². The SMILES string of the molecule is O=[N+]([O-])c1ccc(-n2nnc(-c3ccccc3)c2-c2ccccc2)cc1. The predicted octanol–water partition coefficient (Wildman–Crippen LogP) is 4.51. The van der Waals surface area contributed by atoms with Crippen molar-refractivity contribution in [3.05, 3.63) is 95.0 Å². The maximum Gasteiger partial charge on any atom is 0.269 e. The van der Waals surface area contributed by atoms with Gasteiger partial charge >= 0.3 is 0 Å². The van der Waals surface area contributed by atoms with Gasteiger partial charge in [-0.25, -0.2) is 4.68 Å². The average Bonchev–Trinajstić information content (AvgIpc) is 3.14. The van der Waals surface area contributed by atoms with Crippen molar-refractivity contribution in [2.45, 2.75) is 0 Å². The molecule has 6 nitrogen and oxygen atoms in total. The Hall–Kier alpha value is -3.80. The number of nitro benzene ring substituents is 1. The fraction of sp³-hybridized carbons (Fsp3) is 0. The molecule has 3 aromatic carbocycles. The first-order valence-electron chi connectivity index (χ1n) is 8.05. The highest BCUT2D eigenvalue weighted by Gasteiger charge is 2.18. The Bertz CT molecular complexity index is 1040. The first kappa shape index (κ1) is 15.7. The van der Waals surface area contributed by atoms with Gasteiger partial charge in [0.1, 0.15) is 11.4 Å². The molecule has 26 heavy (non-hydrogen) atoms. The minimum absolute atomic E-state index is 0.0402. The van der Waals surface area contributed by atoms with Crippen LogP contribution in [-0.2, 0) is 0 Å². The van der Waals surface area contributed by atoms with Gasteiger partial charge in [0.2, 0.25) is 0 Å². The van der Waals surface area contributed by atoms with Gasteiger partial charge < -0.3 is 0 Å². The molecule has 4 aromatic rings. The lowest BCUT2D eigenvalue weighted by Crippen LogP contribution is -2.00. The largest absolute Gasteiger partial charge is 0.269 e. The highest BCUT2D eigenvalue weighted by molar-refractivity contribution is 5.79. The second-order valence-corrected chi connectivity index (χ2v) is 5.70. The molecule has 126 valence electrons. The van der Waals surface area contributed by atoms with Crippen molar-refractivity contribution in [2.24, 2.45) is 0 Å². The number of hydrogen-bond acceptors (Lipinski definition) is 4. The number of hydrogen-bond donors (Lipinski definition) is 0. The van der Waals surface area contributed by atoms with E-state index >= 15 is 0 Å². The normalized spacial score (nSPS) is 10.6. The summed E-state index contributed by atoms with van der Waals surface area (Å²) in [5.74, 6) is 0. The zero-order valence-electron chi connectivity index (χ0n) is 13.7. The molecule has 0 saturated heterocycles. The van der Waals surface area contributed by atoms with Crippen molar-refractivity contribution < 1.29 is 4.92 Å². The number of aromatic nitrogens is 3. The summed E-state index contributed by atoms with van der Waals surface area (Å²) < 4.78 is 1.71. The highest BCUT2D eigenvalue weighted by Crippen LogP contribution is 2.32. The minimum Gasteiger partial charge on any atom is -0.258 e. The van der Waals surface area contributed by atoms with Crippen LogP contribution in [0.5, 0.6) is 0 Å². The van der Waals surface area contributed by atoms with Crippen LogP contribution in [0.1, 0.15) is 0 Å². The predicted molar refractivity (Wildman–Crippen MR) is 98.9 cm³/mol. The van der Waals surface area contributed by atoms with Crippen LogP contribution in [0, 0.1) is 10.1 Å². The van der Waals surface area contributed by atoms with Gasteiger partial charge in [0, 0.05) is 23.3 Å². The maximum absolute atomic E-state index is 10.9. The lowest BCUT2D eigenvalue weighted by atomic mass is 10.0. The maximum atomic E-state index is 10.9. The summed E-state index contributed by atoms with van der Waals surface area (Å²) in [5.41, 5.74) is 4.28. The zero-order valence-corrected chi connectivity index (χ0v) is 13.7. The Labute approximate surface area is 149 Å². The lowest BCUT2D eigenvalue weighted by molar-refractivity contribution is -0.384. The van der Waals surface area contributed by atoms with Gasteiger partial charge in [-0.15, -0.1) is 5.10 Å². The van der Waals surface area contributed by atoms with Crippen molar-refractivity contribution in [1.82, 2.24) is 15.0 Å². The zero-order chi connectivity index (χ0) is 17.9. The van der Waals surface area contributed by atoms with Crippen LogP contribution in [0.25, 0.3) is 28.2 Å². The molecular formula is C20H14N4O2.